The highest BCUT2D eigenvalue weighted by Gasteiger charge is 2.34. The van der Waals surface area contributed by atoms with E-state index in [0.717, 1.165) is 47.0 Å². The molecule has 0 atom stereocenters. The van der Waals surface area contributed by atoms with Gasteiger partial charge in [-0.3, -0.25) is 46.9 Å². The summed E-state index contributed by atoms with van der Waals surface area (Å²) < 4.78 is 118. The number of nitrogens with two attached hydrogens (primary N) is 1. The molecule has 30 heteroatoms. The van der Waals surface area contributed by atoms with E-state index in [0.29, 0.717) is 34.6 Å². The highest BCUT2D eigenvalue weighted by molar-refractivity contribution is 9.10. The number of halogens is 4. The van der Waals surface area contributed by atoms with Gasteiger partial charge >= 0.3 is 21.5 Å². The van der Waals surface area contributed by atoms with Crippen LogP contribution in [-0.2, 0) is 44.3 Å². The minimum Gasteiger partial charge on any atom is -0.396 e. The molecule has 2 aliphatic rings. The van der Waals surface area contributed by atoms with Crippen LogP contribution in [0.25, 0.3) is 33.4 Å². The summed E-state index contributed by atoms with van der Waals surface area (Å²) in [6, 6.07) is 27.9. The minimum atomic E-state index is -4.46. The smallest absolute Gasteiger partial charge is 0.339 e. The number of nitrogens with zero attached hydrogens (tertiary/aromatic N) is 6. The Morgan fingerprint density at radius 3 is 1.44 bits per heavy atom. The van der Waals surface area contributed by atoms with Crippen molar-refractivity contribution in [3.8, 4) is 17.1 Å². The van der Waals surface area contributed by atoms with Crippen molar-refractivity contribution in [1.82, 2.24) is 27.4 Å². The first kappa shape index (κ1) is 68.7. The van der Waals surface area contributed by atoms with E-state index in [-0.39, 0.29) is 101 Å². The second kappa shape index (κ2) is 26.5. The number of nitrogens with one attached hydrogen (secondary N) is 3. The van der Waals surface area contributed by atoms with Gasteiger partial charge in [0.1, 0.15) is 38.6 Å². The standard InChI is InChI=1S/C25H24N4O8S2.C24H21BrFN5O5S.C6H5BrFN.3CH4/c1-15-7-11-19(12-8-15)39(35,36)37-20-14-21(30)27(2)23-22(20)24(31)29(17-9-10-17)25(32)28(23)18-6-4-5-16(13-18)26-38(3,33)34;1-29-20(32)12-19(27-18-9-6-13(25)10-17(18)26)21-22(29)30(24(34)31(23(21)33)15-7-8-15)16-5-3-4-14(11-16)28-37(2,35)36;7-4-1-2-6(9)5(8)3-4;;;/h4-8,11-14,17,26H,9-10H2,1-3H3;3-6,9-12,15,27-28H,7-8H2,1-2H3;1-3H,9H2;3*1H4. The van der Waals surface area contributed by atoms with Gasteiger partial charge < -0.3 is 15.2 Å². The number of benzene rings is 5. The van der Waals surface area contributed by atoms with Crippen LogP contribution in [0.4, 0.5) is 37.2 Å². The van der Waals surface area contributed by atoms with Gasteiger partial charge in [0.25, 0.3) is 22.2 Å². The number of nitrogen functional groups attached to an aromatic ring is 1. The fourth-order valence-corrected chi connectivity index (χ4v) is 11.7. The van der Waals surface area contributed by atoms with E-state index in [2.05, 4.69) is 46.6 Å². The van der Waals surface area contributed by atoms with E-state index < -0.39 is 81.4 Å². The maximum Gasteiger partial charge on any atom is 0.339 e. The molecule has 4 heterocycles. The first-order valence-electron chi connectivity index (χ1n) is 25.3. The lowest BCUT2D eigenvalue weighted by Gasteiger charge is -2.19. The van der Waals surface area contributed by atoms with E-state index >= 15 is 0 Å². The maximum atomic E-state index is 14.7. The van der Waals surface area contributed by atoms with Crippen LogP contribution >= 0.6 is 31.9 Å². The molecule has 0 amide bonds. The monoisotopic (exact) mass is 1400 g/mol. The zero-order chi connectivity index (χ0) is 61.8. The highest BCUT2D eigenvalue weighted by Crippen LogP contribution is 2.36. The molecule has 0 bridgehead atoms. The number of anilines is 5. The zero-order valence-corrected chi connectivity index (χ0v) is 51.0. The number of sulfonamides is 2. The minimum absolute atomic E-state index is 0. The lowest BCUT2D eigenvalue weighted by atomic mass is 10.2. The molecule has 9 aromatic rings. The summed E-state index contributed by atoms with van der Waals surface area (Å²) in [6.07, 6.45) is 4.34. The maximum absolute atomic E-state index is 14.7. The summed E-state index contributed by atoms with van der Waals surface area (Å²) in [5.41, 5.74) is 2.62. The van der Waals surface area contributed by atoms with Crippen LogP contribution < -0.4 is 58.3 Å². The first-order chi connectivity index (χ1) is 39.9. The predicted octanol–water partition coefficient (Wildman–Crippen LogP) is 8.92. The molecular formula is C58H62Br2F2N10O13S3. The SMILES string of the molecule is C.C.C.Cc1ccc(S(=O)(=O)Oc2cc(=O)n(C)c3c2c(=O)n(C2CC2)c(=O)n3-c2cccc(NS(C)(=O)=O)c2)cc1.Cn1c(=O)cc(Nc2ccc(Br)cc2F)c2c(=O)n(C3CC3)c(=O)n(-c3cccc(NS(C)(=O)=O)c3)c21.Nc1ccc(Br)cc1F. The third-order valence-corrected chi connectivity index (χ3v) is 16.6. The van der Waals surface area contributed by atoms with Crippen molar-refractivity contribution in [3.05, 3.63) is 210 Å². The number of rotatable bonds is 13. The molecule has 5 aromatic carbocycles. The van der Waals surface area contributed by atoms with Gasteiger partial charge in [-0.15, -0.1) is 0 Å². The topological polar surface area (TPSA) is 306 Å². The van der Waals surface area contributed by atoms with Gasteiger partial charge in [0.05, 0.1) is 52.3 Å². The molecule has 2 fully saturated rings. The van der Waals surface area contributed by atoms with Crippen LogP contribution in [0, 0.1) is 18.6 Å². The number of hydrogen-bond acceptors (Lipinski definition) is 15. The summed E-state index contributed by atoms with van der Waals surface area (Å²) in [7, 11) is -8.97. The van der Waals surface area contributed by atoms with Gasteiger partial charge in [0.2, 0.25) is 20.0 Å². The number of aromatic nitrogens is 6. The summed E-state index contributed by atoms with van der Waals surface area (Å²) in [6.45, 7) is 1.78. The van der Waals surface area contributed by atoms with E-state index in [1.54, 1.807) is 43.3 Å². The summed E-state index contributed by atoms with van der Waals surface area (Å²) in [5, 5.41) is 2.57. The Labute approximate surface area is 520 Å². The number of fused-ring (bicyclic) bond motifs is 2. The second-order valence-corrected chi connectivity index (χ2v) is 26.8. The highest BCUT2D eigenvalue weighted by atomic mass is 79.9. The van der Waals surface area contributed by atoms with Crippen molar-refractivity contribution in [2.45, 2.75) is 71.9 Å². The number of aryl methyl sites for hydroxylation is 3. The van der Waals surface area contributed by atoms with Crippen LogP contribution in [0.5, 0.6) is 5.75 Å². The number of hydrogen-bond donors (Lipinski definition) is 4. The predicted molar refractivity (Wildman–Crippen MR) is 347 cm³/mol. The van der Waals surface area contributed by atoms with Crippen LogP contribution in [0.3, 0.4) is 0 Å². The Bertz CT molecular complexity index is 4970. The Morgan fingerprint density at radius 2 is 1.00 bits per heavy atom. The number of pyridine rings is 2. The van der Waals surface area contributed by atoms with Crippen LogP contribution in [0.2, 0.25) is 0 Å². The van der Waals surface area contributed by atoms with Gasteiger partial charge in [0, 0.05) is 47.3 Å². The third kappa shape index (κ3) is 14.9. The molecule has 468 valence electrons. The van der Waals surface area contributed by atoms with Gasteiger partial charge in [-0.25, -0.2) is 44.3 Å². The summed E-state index contributed by atoms with van der Waals surface area (Å²) in [4.78, 5) is 80.6. The summed E-state index contributed by atoms with van der Waals surface area (Å²) in [5.74, 6) is -1.52. The van der Waals surface area contributed by atoms with Crippen LogP contribution in [-0.4, -0.2) is 65.2 Å². The molecule has 2 aliphatic carbocycles. The van der Waals surface area contributed by atoms with Gasteiger partial charge in [0.15, 0.2) is 5.75 Å². The molecule has 0 aliphatic heterocycles. The lowest BCUT2D eigenvalue weighted by Crippen LogP contribution is -2.41. The Balaban J connectivity index is 0.000000239. The average Bonchev–Trinajstić information content (AvgIpc) is 1.46. The molecule has 0 radical (unpaired) electrons. The first-order valence-corrected chi connectivity index (χ1v) is 32.1. The average molecular weight is 1400 g/mol. The van der Waals surface area contributed by atoms with Crippen LogP contribution in [0.15, 0.2) is 164 Å². The van der Waals surface area contributed by atoms with Crippen molar-refractivity contribution in [2.24, 2.45) is 14.1 Å². The van der Waals surface area contributed by atoms with Crippen molar-refractivity contribution in [3.63, 3.8) is 0 Å². The fraction of sp³-hybridized carbons (Fsp3) is 0.241. The summed E-state index contributed by atoms with van der Waals surface area (Å²) >= 11 is 6.30. The molecule has 0 spiro atoms. The quantitative estimate of drug-likeness (QED) is 0.0618. The van der Waals surface area contributed by atoms with E-state index in [1.807, 2.05) is 0 Å². The molecule has 4 aromatic heterocycles. The zero-order valence-electron chi connectivity index (χ0n) is 45.3. The van der Waals surface area contributed by atoms with E-state index in [4.69, 9.17) is 9.92 Å². The largest absolute Gasteiger partial charge is 0.396 e. The molecule has 2 saturated carbocycles. The Kier molecular flexibility index (Phi) is 20.7. The Hall–Kier alpha value is -8.45. The van der Waals surface area contributed by atoms with E-state index in [1.165, 1.54) is 97.5 Å². The van der Waals surface area contributed by atoms with E-state index in [9.17, 15) is 62.8 Å². The molecular weight excluding hydrogens is 1340 g/mol. The van der Waals surface area contributed by atoms with Crippen molar-refractivity contribution in [1.29, 1.82) is 0 Å². The molecule has 0 unspecified atom stereocenters. The molecule has 23 nitrogen and oxygen atoms in total. The van der Waals surface area contributed by atoms with Crippen molar-refractivity contribution >= 4 is 113 Å². The van der Waals surface area contributed by atoms with Gasteiger partial charge in [-0.05, 0) is 118 Å². The third-order valence-electron chi connectivity index (χ3n) is 13.2. The van der Waals surface area contributed by atoms with Crippen LogP contribution in [0.1, 0.15) is 65.6 Å². The molecule has 5 N–H and O–H groups in total. The molecule has 88 heavy (non-hydrogen) atoms. The van der Waals surface area contributed by atoms with Crippen molar-refractivity contribution in [2.75, 3.05) is 33.0 Å². The molecule has 0 saturated heterocycles. The Morgan fingerprint density at radius 1 is 0.557 bits per heavy atom. The molecule has 11 rings (SSSR count). The second-order valence-electron chi connectivity index (χ2n) is 19.9. The normalized spacial score (nSPS) is 12.9. The van der Waals surface area contributed by atoms with Gasteiger partial charge in [-0.1, -0.05) is 84.0 Å². The fourth-order valence-electron chi connectivity index (χ4n) is 8.99. The van der Waals surface area contributed by atoms with Gasteiger partial charge in [-0.2, -0.15) is 8.42 Å². The van der Waals surface area contributed by atoms with Crippen molar-refractivity contribution < 1.29 is 38.2 Å². The lowest BCUT2D eigenvalue weighted by molar-refractivity contribution is 0.486.